The van der Waals surface area contributed by atoms with Crippen molar-refractivity contribution < 1.29 is 14.3 Å². The molecule has 2 atom stereocenters. The van der Waals surface area contributed by atoms with Crippen molar-refractivity contribution in [2.75, 3.05) is 5.32 Å². The summed E-state index contributed by atoms with van der Waals surface area (Å²) in [6, 6.07) is 3.81. The van der Waals surface area contributed by atoms with Crippen LogP contribution >= 0.6 is 0 Å². The van der Waals surface area contributed by atoms with Gasteiger partial charge in [-0.25, -0.2) is 9.78 Å². The lowest BCUT2D eigenvalue weighted by Crippen LogP contribution is -2.43. The van der Waals surface area contributed by atoms with Crippen LogP contribution in [0.4, 0.5) is 10.6 Å². The highest BCUT2D eigenvalue weighted by Crippen LogP contribution is 2.37. The van der Waals surface area contributed by atoms with Crippen LogP contribution in [0, 0.1) is 11.3 Å². The molecule has 0 unspecified atom stereocenters. The van der Waals surface area contributed by atoms with Crippen molar-refractivity contribution in [3.63, 3.8) is 0 Å². The Balaban J connectivity index is 1.39. The Labute approximate surface area is 195 Å². The molecule has 0 saturated heterocycles. The molecule has 1 saturated carbocycles. The first-order valence-electron chi connectivity index (χ1n) is 11.8. The van der Waals surface area contributed by atoms with Crippen LogP contribution in [-0.2, 0) is 22.5 Å². The second kappa shape index (κ2) is 8.80. The van der Waals surface area contributed by atoms with Gasteiger partial charge >= 0.3 is 6.09 Å². The summed E-state index contributed by atoms with van der Waals surface area (Å²) in [6.07, 6.45) is 7.29. The lowest BCUT2D eigenvalue weighted by Gasteiger charge is -2.30. The first-order valence-corrected chi connectivity index (χ1v) is 11.8. The van der Waals surface area contributed by atoms with Crippen molar-refractivity contribution in [3.05, 3.63) is 30.2 Å². The fourth-order valence-electron chi connectivity index (χ4n) is 4.82. The number of carbonyl (C=O) groups excluding carboxylic acids is 2. The van der Waals surface area contributed by atoms with Crippen molar-refractivity contribution in [3.8, 4) is 11.1 Å². The van der Waals surface area contributed by atoms with Gasteiger partial charge in [0.25, 0.3) is 0 Å². The topological polar surface area (TPSA) is 98.1 Å². The molecule has 0 spiro atoms. The summed E-state index contributed by atoms with van der Waals surface area (Å²) in [5.41, 5.74) is 2.99. The predicted molar refractivity (Wildman–Crippen MR) is 127 cm³/mol. The Morgan fingerprint density at radius 3 is 2.79 bits per heavy atom. The molecule has 2 amide bonds. The van der Waals surface area contributed by atoms with Gasteiger partial charge in [-0.15, -0.1) is 0 Å². The number of ether oxygens (including phenoxy) is 1. The zero-order chi connectivity index (χ0) is 23.8. The van der Waals surface area contributed by atoms with Crippen molar-refractivity contribution in [1.82, 2.24) is 20.1 Å². The first kappa shape index (κ1) is 23.3. The number of hydrogen-bond donors (Lipinski definition) is 2. The molecule has 2 aromatic rings. The molecular weight excluding hydrogens is 418 g/mol. The molecule has 8 nitrogen and oxygen atoms in total. The minimum absolute atomic E-state index is 0.0586. The van der Waals surface area contributed by atoms with E-state index in [2.05, 4.69) is 39.2 Å². The molecule has 2 N–H and O–H groups in total. The second-order valence-corrected chi connectivity index (χ2v) is 11.1. The molecule has 8 heteroatoms. The average Bonchev–Trinajstić information content (AvgIpc) is 3.21. The third kappa shape index (κ3) is 5.72. The maximum atomic E-state index is 13.0. The Kier molecular flexibility index (Phi) is 6.20. The smallest absolute Gasteiger partial charge is 0.407 e. The Morgan fingerprint density at radius 2 is 2.03 bits per heavy atom. The zero-order valence-corrected chi connectivity index (χ0v) is 20.3. The summed E-state index contributed by atoms with van der Waals surface area (Å²) >= 11 is 0. The minimum Gasteiger partial charge on any atom is -0.444 e. The van der Waals surface area contributed by atoms with Gasteiger partial charge in [-0.05, 0) is 69.6 Å². The second-order valence-electron chi connectivity index (χ2n) is 11.1. The average molecular weight is 454 g/mol. The Bertz CT molecular complexity index is 1040. The molecule has 0 bridgehead atoms. The Morgan fingerprint density at radius 1 is 1.24 bits per heavy atom. The number of aromatic nitrogens is 3. The van der Waals surface area contributed by atoms with E-state index in [1.54, 1.807) is 6.20 Å². The van der Waals surface area contributed by atoms with Gasteiger partial charge in [-0.1, -0.05) is 20.3 Å². The van der Waals surface area contributed by atoms with Crippen molar-refractivity contribution in [1.29, 1.82) is 0 Å². The van der Waals surface area contributed by atoms with Crippen molar-refractivity contribution in [2.24, 2.45) is 11.3 Å². The minimum atomic E-state index is -0.544. The van der Waals surface area contributed by atoms with Crippen molar-refractivity contribution >= 4 is 17.8 Å². The van der Waals surface area contributed by atoms with Crippen LogP contribution in [-0.4, -0.2) is 38.4 Å². The Hall–Kier alpha value is -2.90. The van der Waals surface area contributed by atoms with E-state index in [-0.39, 0.29) is 23.3 Å². The predicted octanol–water partition coefficient (Wildman–Crippen LogP) is 4.55. The monoisotopic (exact) mass is 453 g/mol. The van der Waals surface area contributed by atoms with Gasteiger partial charge in [0.05, 0.1) is 6.20 Å². The molecule has 2 aromatic heterocycles. The number of carbonyl (C=O) groups is 2. The highest BCUT2D eigenvalue weighted by Gasteiger charge is 2.32. The number of hydrogen-bond acceptors (Lipinski definition) is 5. The number of rotatable bonds is 4. The van der Waals surface area contributed by atoms with Crippen LogP contribution < -0.4 is 10.6 Å². The summed E-state index contributed by atoms with van der Waals surface area (Å²) in [6.45, 7) is 10.9. The quantitative estimate of drug-likeness (QED) is 0.708. The summed E-state index contributed by atoms with van der Waals surface area (Å²) in [7, 11) is 0. The number of pyridine rings is 1. The maximum Gasteiger partial charge on any atom is 0.407 e. The first-order chi connectivity index (χ1) is 15.5. The van der Waals surface area contributed by atoms with Crippen LogP contribution in [0.3, 0.4) is 0 Å². The molecule has 1 aliphatic heterocycles. The molecular formula is C25H35N5O3. The highest BCUT2D eigenvalue weighted by molar-refractivity contribution is 5.92. The number of anilines is 1. The standard InChI is InChI=1S/C25H35N5O3/c1-24(2,3)33-23(32)28-18-8-6-7-17(11-18)22(31)29-21-12-16(9-10-26-21)19-14-27-30-15-25(4,5)13-20(19)30/h9-10,12,14,17-18H,6-8,11,13,15H2,1-5H3,(H,28,32)(H,26,29,31)/t17-,18+/m0/s1. The van der Waals surface area contributed by atoms with Gasteiger partial charge in [0.15, 0.2) is 0 Å². The van der Waals surface area contributed by atoms with Gasteiger partial charge in [0.1, 0.15) is 11.4 Å². The SMILES string of the molecule is CC1(C)Cc2c(-c3ccnc(NC(=O)[C@H]4CCC[C@@H](NC(=O)OC(C)(C)C)C4)c3)cnn2C1. The molecule has 4 rings (SSSR count). The molecule has 33 heavy (non-hydrogen) atoms. The van der Waals surface area contributed by atoms with E-state index in [1.165, 1.54) is 5.69 Å². The van der Waals surface area contributed by atoms with E-state index < -0.39 is 11.7 Å². The summed E-state index contributed by atoms with van der Waals surface area (Å²) < 4.78 is 7.43. The van der Waals surface area contributed by atoms with Gasteiger partial charge in [0.2, 0.25) is 5.91 Å². The highest BCUT2D eigenvalue weighted by atomic mass is 16.6. The van der Waals surface area contributed by atoms with Gasteiger partial charge in [-0.3, -0.25) is 9.48 Å². The fourth-order valence-corrected chi connectivity index (χ4v) is 4.82. The van der Waals surface area contributed by atoms with Crippen LogP contribution in [0.5, 0.6) is 0 Å². The lowest BCUT2D eigenvalue weighted by molar-refractivity contribution is -0.121. The van der Waals surface area contributed by atoms with Crippen LogP contribution in [0.15, 0.2) is 24.5 Å². The van der Waals surface area contributed by atoms with E-state index in [9.17, 15) is 9.59 Å². The molecule has 178 valence electrons. The number of fused-ring (bicyclic) bond motifs is 1. The van der Waals surface area contributed by atoms with E-state index in [0.29, 0.717) is 12.2 Å². The third-order valence-electron chi connectivity index (χ3n) is 6.26. The summed E-state index contributed by atoms with van der Waals surface area (Å²) in [4.78, 5) is 29.5. The number of alkyl carbamates (subject to hydrolysis) is 1. The molecule has 2 aliphatic rings. The third-order valence-corrected chi connectivity index (χ3v) is 6.26. The lowest BCUT2D eigenvalue weighted by atomic mass is 9.85. The van der Waals surface area contributed by atoms with Crippen LogP contribution in [0.25, 0.3) is 11.1 Å². The van der Waals surface area contributed by atoms with Gasteiger partial charge in [-0.2, -0.15) is 5.10 Å². The number of nitrogens with one attached hydrogen (secondary N) is 2. The number of amides is 2. The van der Waals surface area contributed by atoms with E-state index in [1.807, 2.05) is 39.1 Å². The molecule has 0 radical (unpaired) electrons. The van der Waals surface area contributed by atoms with E-state index >= 15 is 0 Å². The molecule has 0 aromatic carbocycles. The molecule has 1 fully saturated rings. The normalized spacial score (nSPS) is 21.8. The van der Waals surface area contributed by atoms with Crippen LogP contribution in [0.2, 0.25) is 0 Å². The fraction of sp³-hybridized carbons (Fsp3) is 0.600. The summed E-state index contributed by atoms with van der Waals surface area (Å²) in [5.74, 6) is 0.305. The van der Waals surface area contributed by atoms with Gasteiger partial charge in [0, 0.05) is 36.0 Å². The van der Waals surface area contributed by atoms with Crippen molar-refractivity contribution in [2.45, 2.75) is 84.9 Å². The largest absolute Gasteiger partial charge is 0.444 e. The van der Waals surface area contributed by atoms with Gasteiger partial charge < -0.3 is 15.4 Å². The van der Waals surface area contributed by atoms with Crippen LogP contribution in [0.1, 0.15) is 66.0 Å². The zero-order valence-electron chi connectivity index (χ0n) is 20.3. The van der Waals surface area contributed by atoms with E-state index in [0.717, 1.165) is 43.4 Å². The maximum absolute atomic E-state index is 13.0. The molecule has 1 aliphatic carbocycles. The summed E-state index contributed by atoms with van der Waals surface area (Å²) in [5, 5.41) is 10.5. The number of nitrogens with zero attached hydrogens (tertiary/aromatic N) is 3. The molecule has 3 heterocycles. The van der Waals surface area contributed by atoms with E-state index in [4.69, 9.17) is 4.74 Å².